The molecule has 1 aromatic heterocycles. The highest BCUT2D eigenvalue weighted by atomic mass is 32.1. The van der Waals surface area contributed by atoms with Crippen molar-refractivity contribution in [2.24, 2.45) is 5.73 Å². The van der Waals surface area contributed by atoms with Gasteiger partial charge in [-0.3, -0.25) is 4.79 Å². The lowest BCUT2D eigenvalue weighted by Crippen LogP contribution is -2.12. The van der Waals surface area contributed by atoms with Crippen molar-refractivity contribution in [3.63, 3.8) is 0 Å². The number of carbonyl (C=O) groups excluding carboxylic acids is 1. The molecular weight excluding hydrogens is 232 g/mol. The Morgan fingerprint density at radius 1 is 1.41 bits per heavy atom. The van der Waals surface area contributed by atoms with Crippen LogP contribution < -0.4 is 11.1 Å². The van der Waals surface area contributed by atoms with Crippen molar-refractivity contribution < 1.29 is 4.79 Å². The maximum Gasteiger partial charge on any atom is 0.248 e. The Balaban J connectivity index is 2.13. The number of hydrogen-bond acceptors (Lipinski definition) is 3. The van der Waals surface area contributed by atoms with E-state index in [4.69, 9.17) is 5.73 Å². The molecule has 4 heteroatoms. The van der Waals surface area contributed by atoms with Crippen molar-refractivity contribution in [3.8, 4) is 0 Å². The van der Waals surface area contributed by atoms with E-state index in [-0.39, 0.29) is 6.04 Å². The van der Waals surface area contributed by atoms with Gasteiger partial charge in [0.15, 0.2) is 0 Å². The van der Waals surface area contributed by atoms with Crippen LogP contribution in [-0.2, 0) is 0 Å². The summed E-state index contributed by atoms with van der Waals surface area (Å²) in [7, 11) is 0. The van der Waals surface area contributed by atoms with E-state index >= 15 is 0 Å². The summed E-state index contributed by atoms with van der Waals surface area (Å²) in [5.74, 6) is -0.406. The Bertz CT molecular complexity index is 508. The van der Waals surface area contributed by atoms with E-state index in [1.54, 1.807) is 23.5 Å². The molecule has 0 saturated heterocycles. The van der Waals surface area contributed by atoms with Crippen LogP contribution >= 0.6 is 11.3 Å². The van der Waals surface area contributed by atoms with E-state index in [9.17, 15) is 4.79 Å². The second-order valence-corrected chi connectivity index (χ2v) is 4.65. The summed E-state index contributed by atoms with van der Waals surface area (Å²) in [6, 6.07) is 9.52. The first-order valence-corrected chi connectivity index (χ1v) is 6.29. The first kappa shape index (κ1) is 11.7. The monoisotopic (exact) mass is 246 g/mol. The van der Waals surface area contributed by atoms with Crippen LogP contribution in [0.4, 0.5) is 5.69 Å². The SMILES string of the molecule is CC(Nc1cccc(C(N)=O)c1)c1ccsc1. The lowest BCUT2D eigenvalue weighted by Gasteiger charge is -2.14. The average Bonchev–Trinajstić information content (AvgIpc) is 2.82. The molecule has 3 N–H and O–H groups in total. The number of anilines is 1. The highest BCUT2D eigenvalue weighted by molar-refractivity contribution is 7.07. The molecule has 1 atom stereocenters. The van der Waals surface area contributed by atoms with E-state index in [1.807, 2.05) is 17.5 Å². The minimum atomic E-state index is -0.406. The van der Waals surface area contributed by atoms with Crippen LogP contribution in [0.5, 0.6) is 0 Å². The quantitative estimate of drug-likeness (QED) is 0.871. The number of benzene rings is 1. The second-order valence-electron chi connectivity index (χ2n) is 3.87. The van der Waals surface area contributed by atoms with Gasteiger partial charge in [-0.05, 0) is 47.5 Å². The highest BCUT2D eigenvalue weighted by Gasteiger charge is 2.06. The zero-order valence-corrected chi connectivity index (χ0v) is 10.3. The van der Waals surface area contributed by atoms with Crippen LogP contribution in [0.1, 0.15) is 28.9 Å². The third-order valence-corrected chi connectivity index (χ3v) is 3.27. The molecule has 2 rings (SSSR count). The molecule has 3 nitrogen and oxygen atoms in total. The van der Waals surface area contributed by atoms with Gasteiger partial charge in [-0.25, -0.2) is 0 Å². The van der Waals surface area contributed by atoms with Gasteiger partial charge in [-0.1, -0.05) is 6.07 Å². The minimum absolute atomic E-state index is 0.212. The number of thiophene rings is 1. The standard InChI is InChI=1S/C13H14N2OS/c1-9(11-5-6-17-8-11)15-12-4-2-3-10(7-12)13(14)16/h2-9,15H,1H3,(H2,14,16). The molecule has 0 aliphatic heterocycles. The summed E-state index contributed by atoms with van der Waals surface area (Å²) in [4.78, 5) is 11.1. The molecule has 88 valence electrons. The minimum Gasteiger partial charge on any atom is -0.378 e. The van der Waals surface area contributed by atoms with E-state index in [1.165, 1.54) is 5.56 Å². The number of carbonyl (C=O) groups is 1. The van der Waals surface area contributed by atoms with E-state index < -0.39 is 5.91 Å². The zero-order valence-electron chi connectivity index (χ0n) is 9.51. The van der Waals surface area contributed by atoms with E-state index in [0.29, 0.717) is 5.56 Å². The summed E-state index contributed by atoms with van der Waals surface area (Å²) in [6.07, 6.45) is 0. The van der Waals surface area contributed by atoms with Gasteiger partial charge < -0.3 is 11.1 Å². The summed E-state index contributed by atoms with van der Waals surface area (Å²) < 4.78 is 0. The fourth-order valence-electron chi connectivity index (χ4n) is 1.62. The lowest BCUT2D eigenvalue weighted by atomic mass is 10.1. The van der Waals surface area contributed by atoms with Gasteiger partial charge in [0, 0.05) is 17.3 Å². The molecule has 0 bridgehead atoms. The maximum absolute atomic E-state index is 11.1. The van der Waals surface area contributed by atoms with Crippen molar-refractivity contribution in [1.82, 2.24) is 0 Å². The molecule has 17 heavy (non-hydrogen) atoms. The number of nitrogens with two attached hydrogens (primary N) is 1. The first-order valence-electron chi connectivity index (χ1n) is 5.35. The molecule has 0 aliphatic carbocycles. The Labute approximate surface area is 104 Å². The van der Waals surface area contributed by atoms with E-state index in [2.05, 4.69) is 23.7 Å². The topological polar surface area (TPSA) is 55.1 Å². The van der Waals surface area contributed by atoms with Crippen LogP contribution in [0.25, 0.3) is 0 Å². The second kappa shape index (κ2) is 5.01. The fourth-order valence-corrected chi connectivity index (χ4v) is 2.37. The molecule has 0 saturated carbocycles. The molecule has 1 aromatic carbocycles. The predicted molar refractivity (Wildman–Crippen MR) is 71.3 cm³/mol. The van der Waals surface area contributed by atoms with Gasteiger partial charge in [0.1, 0.15) is 0 Å². The molecule has 1 amide bonds. The predicted octanol–water partition coefficient (Wildman–Crippen LogP) is 3.02. The molecular formula is C13H14N2OS. The van der Waals surface area contributed by atoms with Crippen LogP contribution in [0, 0.1) is 0 Å². The highest BCUT2D eigenvalue weighted by Crippen LogP contribution is 2.21. The first-order chi connectivity index (χ1) is 8.16. The van der Waals surface area contributed by atoms with Gasteiger partial charge in [-0.15, -0.1) is 0 Å². The van der Waals surface area contributed by atoms with Crippen LogP contribution in [0.2, 0.25) is 0 Å². The largest absolute Gasteiger partial charge is 0.378 e. The van der Waals surface area contributed by atoms with Gasteiger partial charge >= 0.3 is 0 Å². The van der Waals surface area contributed by atoms with Crippen molar-refractivity contribution >= 4 is 22.9 Å². The van der Waals surface area contributed by atoms with Crippen molar-refractivity contribution in [2.45, 2.75) is 13.0 Å². The molecule has 1 heterocycles. The summed E-state index contributed by atoms with van der Waals surface area (Å²) in [5.41, 5.74) is 7.90. The smallest absolute Gasteiger partial charge is 0.248 e. The number of primary amides is 1. The Kier molecular flexibility index (Phi) is 3.44. The maximum atomic E-state index is 11.1. The third-order valence-electron chi connectivity index (χ3n) is 2.57. The summed E-state index contributed by atoms with van der Waals surface area (Å²) >= 11 is 1.67. The molecule has 0 radical (unpaired) electrons. The zero-order chi connectivity index (χ0) is 12.3. The lowest BCUT2D eigenvalue weighted by molar-refractivity contribution is 0.100. The van der Waals surface area contributed by atoms with Crippen LogP contribution in [0.15, 0.2) is 41.1 Å². The number of nitrogens with one attached hydrogen (secondary N) is 1. The number of amides is 1. The van der Waals surface area contributed by atoms with E-state index in [0.717, 1.165) is 5.69 Å². The van der Waals surface area contributed by atoms with Gasteiger partial charge in [0.05, 0.1) is 0 Å². The molecule has 0 aliphatic rings. The summed E-state index contributed by atoms with van der Waals surface area (Å²) in [5, 5.41) is 7.49. The van der Waals surface area contributed by atoms with Crippen molar-refractivity contribution in [3.05, 3.63) is 52.2 Å². The molecule has 0 fully saturated rings. The van der Waals surface area contributed by atoms with Crippen LogP contribution in [-0.4, -0.2) is 5.91 Å². The van der Waals surface area contributed by atoms with Gasteiger partial charge in [0.2, 0.25) is 5.91 Å². The normalized spacial score (nSPS) is 12.1. The molecule has 2 aromatic rings. The van der Waals surface area contributed by atoms with Gasteiger partial charge in [0.25, 0.3) is 0 Å². The Morgan fingerprint density at radius 3 is 2.88 bits per heavy atom. The molecule has 1 unspecified atom stereocenters. The van der Waals surface area contributed by atoms with Crippen molar-refractivity contribution in [2.75, 3.05) is 5.32 Å². The van der Waals surface area contributed by atoms with Crippen molar-refractivity contribution in [1.29, 1.82) is 0 Å². The van der Waals surface area contributed by atoms with Gasteiger partial charge in [-0.2, -0.15) is 11.3 Å². The fraction of sp³-hybridized carbons (Fsp3) is 0.154. The average molecular weight is 246 g/mol. The number of hydrogen-bond donors (Lipinski definition) is 2. The third kappa shape index (κ3) is 2.85. The Hall–Kier alpha value is -1.81. The van der Waals surface area contributed by atoms with Crippen LogP contribution in [0.3, 0.4) is 0 Å². The molecule has 0 spiro atoms. The Morgan fingerprint density at radius 2 is 2.24 bits per heavy atom. The number of rotatable bonds is 4. The summed E-state index contributed by atoms with van der Waals surface area (Å²) in [6.45, 7) is 2.08.